The maximum atomic E-state index is 3.29. The van der Waals surface area contributed by atoms with Crippen LogP contribution in [0.3, 0.4) is 0 Å². The van der Waals surface area contributed by atoms with E-state index in [-0.39, 0.29) is 0 Å². The molecule has 0 aromatic carbocycles. The van der Waals surface area contributed by atoms with Gasteiger partial charge in [-0.2, -0.15) is 0 Å². The average Bonchev–Trinajstić information content (AvgIpc) is 3.08. The molecule has 0 unspecified atom stereocenters. The second-order valence-electron chi connectivity index (χ2n) is 8.24. The third kappa shape index (κ3) is 15.2. The molecule has 1 aromatic heterocycles. The zero-order valence-electron chi connectivity index (χ0n) is 18.4. The van der Waals surface area contributed by atoms with Gasteiger partial charge in [0.15, 0.2) is 0 Å². The first kappa shape index (κ1) is 24.6. The van der Waals surface area contributed by atoms with Crippen LogP contribution in [0.5, 0.6) is 0 Å². The Hall–Kier alpha value is -0.440. The van der Waals surface area contributed by atoms with E-state index in [9.17, 15) is 0 Å². The predicted molar refractivity (Wildman–Crippen MR) is 121 cm³/mol. The van der Waals surface area contributed by atoms with Gasteiger partial charge in [-0.1, -0.05) is 116 Å². The number of aryl methyl sites for hydroxylation is 1. The molecule has 1 heterocycles. The molecule has 0 bridgehead atoms. The van der Waals surface area contributed by atoms with Crippen molar-refractivity contribution in [2.24, 2.45) is 7.05 Å². The predicted octanol–water partition coefficient (Wildman–Crippen LogP) is 7.97. The van der Waals surface area contributed by atoms with Crippen molar-refractivity contribution in [1.29, 1.82) is 0 Å². The molecule has 1 N–H and O–H groups in total. The van der Waals surface area contributed by atoms with Gasteiger partial charge in [-0.3, -0.25) is 0 Å². The van der Waals surface area contributed by atoms with Crippen LogP contribution < -0.4 is 4.57 Å². The molecule has 0 aliphatic rings. The van der Waals surface area contributed by atoms with E-state index in [0.29, 0.717) is 0 Å². The summed E-state index contributed by atoms with van der Waals surface area (Å²) < 4.78 is 2.17. The molecule has 0 fully saturated rings. The molecule has 0 aliphatic heterocycles. The molecule has 0 saturated carbocycles. The minimum Gasteiger partial charge on any atom is -0.238 e. The summed E-state index contributed by atoms with van der Waals surface area (Å²) in [6.07, 6.45) is 30.2. The van der Waals surface area contributed by atoms with E-state index in [0.717, 1.165) is 0 Å². The van der Waals surface area contributed by atoms with Crippen molar-refractivity contribution < 1.29 is 4.57 Å². The van der Waals surface area contributed by atoms with Crippen molar-refractivity contribution >= 4 is 11.8 Å². The van der Waals surface area contributed by atoms with Gasteiger partial charge in [0.05, 0.1) is 7.05 Å². The number of hydrogen-bond acceptors (Lipinski definition) is 1. The molecule has 0 spiro atoms. The maximum Gasteiger partial charge on any atom is 0.315 e. The van der Waals surface area contributed by atoms with Crippen molar-refractivity contribution in [3.8, 4) is 0 Å². The van der Waals surface area contributed by atoms with Gasteiger partial charge in [0.25, 0.3) is 0 Å². The third-order valence-corrected chi connectivity index (χ3v) is 6.73. The van der Waals surface area contributed by atoms with Crippen LogP contribution in [-0.4, -0.2) is 10.7 Å². The number of imidazole rings is 1. The standard InChI is InChI=1S/C24H46N2S/c1-3-4-5-6-7-8-9-10-11-12-13-14-15-16-17-18-19-20-23-27-24-25-21-22-26(24)2/h21-22H,3-20,23H2,1-2H3/p+1. The zero-order chi connectivity index (χ0) is 19.4. The number of aromatic nitrogens is 2. The SMILES string of the molecule is CCCCCCCCCCCCCCCCCCCCSc1[nH]cc[n+]1C. The Kier molecular flexibility index (Phi) is 17.2. The topological polar surface area (TPSA) is 19.7 Å². The minimum atomic E-state index is 1.24. The summed E-state index contributed by atoms with van der Waals surface area (Å²) in [7, 11) is 2.11. The summed E-state index contributed by atoms with van der Waals surface area (Å²) in [4.78, 5) is 3.29. The molecule has 0 saturated heterocycles. The van der Waals surface area contributed by atoms with E-state index in [2.05, 4.69) is 29.7 Å². The first-order valence-electron chi connectivity index (χ1n) is 12.0. The molecule has 1 aromatic rings. The van der Waals surface area contributed by atoms with Crippen LogP contribution in [0.15, 0.2) is 17.6 Å². The first-order valence-corrected chi connectivity index (χ1v) is 13.0. The van der Waals surface area contributed by atoms with Crippen LogP contribution >= 0.6 is 11.8 Å². The van der Waals surface area contributed by atoms with Gasteiger partial charge in [-0.05, 0) is 18.2 Å². The Morgan fingerprint density at radius 2 is 1.07 bits per heavy atom. The van der Waals surface area contributed by atoms with Crippen LogP contribution in [0, 0.1) is 0 Å². The number of nitrogens with one attached hydrogen (secondary N) is 1. The molecule has 0 amide bonds. The molecular weight excluding hydrogens is 348 g/mol. The third-order valence-electron chi connectivity index (χ3n) is 5.56. The Morgan fingerprint density at radius 1 is 0.667 bits per heavy atom. The summed E-state index contributed by atoms with van der Waals surface area (Å²) in [6.45, 7) is 2.30. The quantitative estimate of drug-likeness (QED) is 0.135. The minimum absolute atomic E-state index is 1.24. The summed E-state index contributed by atoms with van der Waals surface area (Å²) in [5.74, 6) is 1.24. The fourth-order valence-corrected chi connectivity index (χ4v) is 4.66. The molecule has 0 radical (unpaired) electrons. The lowest BCUT2D eigenvalue weighted by atomic mass is 10.0. The highest BCUT2D eigenvalue weighted by atomic mass is 32.2. The van der Waals surface area contributed by atoms with Gasteiger partial charge in [0.2, 0.25) is 0 Å². The normalized spacial score (nSPS) is 11.3. The molecule has 3 heteroatoms. The fourth-order valence-electron chi connectivity index (χ4n) is 3.71. The summed E-state index contributed by atoms with van der Waals surface area (Å²) in [5, 5.41) is 1.28. The van der Waals surface area contributed by atoms with E-state index in [1.54, 1.807) is 0 Å². The van der Waals surface area contributed by atoms with Gasteiger partial charge < -0.3 is 0 Å². The molecule has 158 valence electrons. The van der Waals surface area contributed by atoms with Crippen molar-refractivity contribution in [3.63, 3.8) is 0 Å². The summed E-state index contributed by atoms with van der Waals surface area (Å²) in [5.41, 5.74) is 0. The molecule has 0 aliphatic carbocycles. The van der Waals surface area contributed by atoms with Gasteiger partial charge in [-0.25, -0.2) is 9.55 Å². The average molecular weight is 396 g/mol. The second-order valence-corrected chi connectivity index (χ2v) is 9.32. The van der Waals surface area contributed by atoms with Crippen LogP contribution in [0.2, 0.25) is 0 Å². The van der Waals surface area contributed by atoms with Crippen LogP contribution in [0.25, 0.3) is 0 Å². The molecule has 27 heavy (non-hydrogen) atoms. The first-order chi connectivity index (χ1) is 13.3. The number of H-pyrrole nitrogens is 1. The summed E-state index contributed by atoms with van der Waals surface area (Å²) in [6, 6.07) is 0. The van der Waals surface area contributed by atoms with Crippen molar-refractivity contribution in [3.05, 3.63) is 12.4 Å². The largest absolute Gasteiger partial charge is 0.315 e. The summed E-state index contributed by atoms with van der Waals surface area (Å²) >= 11 is 1.95. The maximum absolute atomic E-state index is 3.29. The van der Waals surface area contributed by atoms with E-state index < -0.39 is 0 Å². The van der Waals surface area contributed by atoms with E-state index in [1.165, 1.54) is 126 Å². The second kappa shape index (κ2) is 18.9. The number of rotatable bonds is 20. The van der Waals surface area contributed by atoms with Crippen LogP contribution in [0.4, 0.5) is 0 Å². The van der Waals surface area contributed by atoms with Gasteiger partial charge in [-0.15, -0.1) is 0 Å². The monoisotopic (exact) mass is 395 g/mol. The lowest BCUT2D eigenvalue weighted by Gasteiger charge is -2.03. The fraction of sp³-hybridized carbons (Fsp3) is 0.875. The Balaban J connectivity index is 1.68. The lowest BCUT2D eigenvalue weighted by Crippen LogP contribution is -2.27. The Morgan fingerprint density at radius 3 is 1.44 bits per heavy atom. The Labute approximate surface area is 174 Å². The van der Waals surface area contributed by atoms with Gasteiger partial charge in [0, 0.05) is 5.75 Å². The highest BCUT2D eigenvalue weighted by Crippen LogP contribution is 2.16. The number of aromatic amines is 1. The van der Waals surface area contributed by atoms with E-state index >= 15 is 0 Å². The van der Waals surface area contributed by atoms with Crippen molar-refractivity contribution in [2.45, 2.75) is 128 Å². The highest BCUT2D eigenvalue weighted by molar-refractivity contribution is 7.99. The highest BCUT2D eigenvalue weighted by Gasteiger charge is 2.05. The molecule has 0 atom stereocenters. The van der Waals surface area contributed by atoms with E-state index in [4.69, 9.17) is 0 Å². The molecule has 2 nitrogen and oxygen atoms in total. The number of hydrogen-bond donors (Lipinski definition) is 1. The number of nitrogens with zero attached hydrogens (tertiary/aromatic N) is 1. The molecular formula is C24H47N2S+. The van der Waals surface area contributed by atoms with Gasteiger partial charge in [0.1, 0.15) is 12.4 Å². The number of unbranched alkanes of at least 4 members (excludes halogenated alkanes) is 17. The Bertz CT molecular complexity index is 416. The van der Waals surface area contributed by atoms with Crippen LogP contribution in [-0.2, 0) is 7.05 Å². The van der Waals surface area contributed by atoms with Gasteiger partial charge >= 0.3 is 5.16 Å². The van der Waals surface area contributed by atoms with Crippen molar-refractivity contribution in [1.82, 2.24) is 4.98 Å². The van der Waals surface area contributed by atoms with E-state index in [1.807, 2.05) is 18.0 Å². The number of thioether (sulfide) groups is 1. The molecule has 1 rings (SSSR count). The van der Waals surface area contributed by atoms with Crippen molar-refractivity contribution in [2.75, 3.05) is 5.75 Å². The van der Waals surface area contributed by atoms with Crippen LogP contribution in [0.1, 0.15) is 122 Å². The smallest absolute Gasteiger partial charge is 0.238 e. The zero-order valence-corrected chi connectivity index (χ0v) is 19.3. The lowest BCUT2D eigenvalue weighted by molar-refractivity contribution is -0.708.